The van der Waals surface area contributed by atoms with Crippen LogP contribution in [0.3, 0.4) is 0 Å². The summed E-state index contributed by atoms with van der Waals surface area (Å²) in [4.78, 5) is 12.7. The maximum atomic E-state index is 12.7. The highest BCUT2D eigenvalue weighted by Gasteiger charge is 2.41. The molecule has 0 saturated heterocycles. The Bertz CT molecular complexity index is 490. The molecule has 0 spiro atoms. The molecule has 1 aliphatic carbocycles. The molecule has 1 N–H and O–H groups in total. The lowest BCUT2D eigenvalue weighted by Gasteiger charge is -2.36. The van der Waals surface area contributed by atoms with Crippen LogP contribution in [-0.2, 0) is 9.53 Å². The zero-order chi connectivity index (χ0) is 16.7. The van der Waals surface area contributed by atoms with Crippen molar-refractivity contribution in [1.82, 2.24) is 0 Å². The summed E-state index contributed by atoms with van der Waals surface area (Å²) in [5.41, 5.74) is 0.107. The van der Waals surface area contributed by atoms with Crippen LogP contribution < -0.4 is 10.1 Å². The first-order valence-electron chi connectivity index (χ1n) is 8.69. The van der Waals surface area contributed by atoms with E-state index in [0.29, 0.717) is 5.92 Å². The molecule has 4 nitrogen and oxygen atoms in total. The number of hydrogen-bond acceptors (Lipinski definition) is 3. The molecule has 1 fully saturated rings. The second-order valence-corrected chi connectivity index (χ2v) is 6.56. The molecule has 1 aromatic carbocycles. The highest BCUT2D eigenvalue weighted by molar-refractivity contribution is 5.97. The maximum Gasteiger partial charge on any atom is 0.256 e. The average Bonchev–Trinajstić information content (AvgIpc) is 2.57. The zero-order valence-electron chi connectivity index (χ0n) is 14.6. The maximum absolute atomic E-state index is 12.7. The molecule has 0 aromatic heterocycles. The van der Waals surface area contributed by atoms with Crippen LogP contribution in [-0.4, -0.2) is 25.2 Å². The molecule has 0 radical (unpaired) electrons. The van der Waals surface area contributed by atoms with Gasteiger partial charge in [0.2, 0.25) is 0 Å². The van der Waals surface area contributed by atoms with Gasteiger partial charge in [-0.25, -0.2) is 0 Å². The molecular formula is C19H29NO3. The van der Waals surface area contributed by atoms with Gasteiger partial charge in [-0.1, -0.05) is 20.3 Å². The third-order valence-corrected chi connectivity index (χ3v) is 4.77. The molecule has 1 saturated carbocycles. The van der Waals surface area contributed by atoms with Gasteiger partial charge in [0.05, 0.1) is 6.61 Å². The van der Waals surface area contributed by atoms with E-state index in [1.165, 1.54) is 0 Å². The van der Waals surface area contributed by atoms with Crippen molar-refractivity contribution in [2.45, 2.75) is 58.0 Å². The van der Waals surface area contributed by atoms with Gasteiger partial charge in [-0.05, 0) is 62.3 Å². The number of benzene rings is 1. The molecule has 1 aromatic rings. The van der Waals surface area contributed by atoms with E-state index in [1.807, 2.05) is 24.3 Å². The predicted octanol–water partition coefficient (Wildman–Crippen LogP) is 4.40. The van der Waals surface area contributed by atoms with E-state index in [-0.39, 0.29) is 5.91 Å². The fraction of sp³-hybridized carbons (Fsp3) is 0.632. The van der Waals surface area contributed by atoms with Crippen molar-refractivity contribution in [3.05, 3.63) is 24.3 Å². The van der Waals surface area contributed by atoms with Crippen molar-refractivity contribution < 1.29 is 14.3 Å². The summed E-state index contributed by atoms with van der Waals surface area (Å²) in [5, 5.41) is 2.99. The van der Waals surface area contributed by atoms with Gasteiger partial charge in [0.1, 0.15) is 11.4 Å². The number of nitrogens with one attached hydrogen (secondary N) is 1. The molecule has 0 atom stereocenters. The van der Waals surface area contributed by atoms with E-state index in [0.717, 1.165) is 56.6 Å². The number of rotatable bonds is 7. The van der Waals surface area contributed by atoms with Crippen molar-refractivity contribution in [1.29, 1.82) is 0 Å². The molecule has 2 rings (SSSR count). The Labute approximate surface area is 139 Å². The first kappa shape index (κ1) is 17.8. The summed E-state index contributed by atoms with van der Waals surface area (Å²) >= 11 is 0. The molecule has 0 bridgehead atoms. The largest absolute Gasteiger partial charge is 0.494 e. The Hall–Kier alpha value is -1.55. The van der Waals surface area contributed by atoms with Gasteiger partial charge < -0.3 is 14.8 Å². The fourth-order valence-electron chi connectivity index (χ4n) is 2.97. The SMILES string of the molecule is CCCCOc1ccc(NC(=O)C2(OC)CCC(C)CC2)cc1. The predicted molar refractivity (Wildman–Crippen MR) is 92.8 cm³/mol. The van der Waals surface area contributed by atoms with Crippen LogP contribution in [0.25, 0.3) is 0 Å². The molecular weight excluding hydrogens is 290 g/mol. The Morgan fingerprint density at radius 3 is 2.48 bits per heavy atom. The zero-order valence-corrected chi connectivity index (χ0v) is 14.6. The van der Waals surface area contributed by atoms with Crippen LogP contribution in [0.5, 0.6) is 5.75 Å². The van der Waals surface area contributed by atoms with Crippen molar-refractivity contribution in [3.8, 4) is 5.75 Å². The van der Waals surface area contributed by atoms with Crippen LogP contribution >= 0.6 is 0 Å². The van der Waals surface area contributed by atoms with Crippen molar-refractivity contribution in [2.24, 2.45) is 5.92 Å². The molecule has 1 aliphatic rings. The summed E-state index contributed by atoms with van der Waals surface area (Å²) < 4.78 is 11.3. The third-order valence-electron chi connectivity index (χ3n) is 4.77. The lowest BCUT2D eigenvalue weighted by Crippen LogP contribution is -2.47. The summed E-state index contributed by atoms with van der Waals surface area (Å²) in [6.45, 7) is 5.10. The number of anilines is 1. The number of amides is 1. The highest BCUT2D eigenvalue weighted by atomic mass is 16.5. The topological polar surface area (TPSA) is 47.6 Å². The molecule has 23 heavy (non-hydrogen) atoms. The Kier molecular flexibility index (Phi) is 6.46. The summed E-state index contributed by atoms with van der Waals surface area (Å²) in [6, 6.07) is 7.56. The minimum atomic E-state index is -0.678. The van der Waals surface area contributed by atoms with Crippen LogP contribution in [0.4, 0.5) is 5.69 Å². The summed E-state index contributed by atoms with van der Waals surface area (Å²) in [5.74, 6) is 1.47. The summed E-state index contributed by atoms with van der Waals surface area (Å²) in [6.07, 6.45) is 5.81. The van der Waals surface area contributed by atoms with Crippen LogP contribution in [0.1, 0.15) is 52.4 Å². The lowest BCUT2D eigenvalue weighted by molar-refractivity contribution is -0.142. The van der Waals surface area contributed by atoms with Crippen LogP contribution in [0, 0.1) is 5.92 Å². The van der Waals surface area contributed by atoms with Gasteiger partial charge in [-0.15, -0.1) is 0 Å². The van der Waals surface area contributed by atoms with Crippen molar-refractivity contribution in [3.63, 3.8) is 0 Å². The minimum absolute atomic E-state index is 0.0356. The molecule has 0 aliphatic heterocycles. The monoisotopic (exact) mass is 319 g/mol. The summed E-state index contributed by atoms with van der Waals surface area (Å²) in [7, 11) is 1.64. The van der Waals surface area contributed by atoms with Crippen molar-refractivity contribution in [2.75, 3.05) is 19.0 Å². The van der Waals surface area contributed by atoms with E-state index < -0.39 is 5.60 Å². The number of ether oxygens (including phenoxy) is 2. The van der Waals surface area contributed by atoms with Crippen LogP contribution in [0.15, 0.2) is 24.3 Å². The van der Waals surface area contributed by atoms with Gasteiger partial charge in [0.25, 0.3) is 5.91 Å². The first-order chi connectivity index (χ1) is 11.1. The molecule has 0 heterocycles. The third kappa shape index (κ3) is 4.71. The van der Waals surface area contributed by atoms with E-state index >= 15 is 0 Å². The Morgan fingerprint density at radius 1 is 1.26 bits per heavy atom. The van der Waals surface area contributed by atoms with E-state index in [1.54, 1.807) is 7.11 Å². The van der Waals surface area contributed by atoms with E-state index in [4.69, 9.17) is 9.47 Å². The van der Waals surface area contributed by atoms with Gasteiger partial charge >= 0.3 is 0 Å². The standard InChI is InChI=1S/C19H29NO3/c1-4-5-14-23-17-8-6-16(7-9-17)20-18(21)19(22-3)12-10-15(2)11-13-19/h6-9,15H,4-5,10-14H2,1-3H3,(H,20,21). The fourth-order valence-corrected chi connectivity index (χ4v) is 2.97. The van der Waals surface area contributed by atoms with E-state index in [2.05, 4.69) is 19.2 Å². The van der Waals surface area contributed by atoms with Gasteiger partial charge in [0, 0.05) is 12.8 Å². The van der Waals surface area contributed by atoms with Crippen molar-refractivity contribution >= 4 is 11.6 Å². The average molecular weight is 319 g/mol. The Morgan fingerprint density at radius 2 is 1.91 bits per heavy atom. The van der Waals surface area contributed by atoms with Gasteiger partial charge in [0.15, 0.2) is 0 Å². The van der Waals surface area contributed by atoms with Gasteiger partial charge in [-0.3, -0.25) is 4.79 Å². The quantitative estimate of drug-likeness (QED) is 0.758. The lowest BCUT2D eigenvalue weighted by atomic mass is 9.79. The number of carbonyl (C=O) groups is 1. The molecule has 1 amide bonds. The number of unbranched alkanes of at least 4 members (excludes halogenated alkanes) is 1. The second kappa shape index (κ2) is 8.34. The number of hydrogen-bond donors (Lipinski definition) is 1. The molecule has 128 valence electrons. The van der Waals surface area contributed by atoms with E-state index in [9.17, 15) is 4.79 Å². The second-order valence-electron chi connectivity index (χ2n) is 6.56. The normalized spacial score (nSPS) is 24.2. The van der Waals surface area contributed by atoms with Crippen LogP contribution in [0.2, 0.25) is 0 Å². The first-order valence-corrected chi connectivity index (χ1v) is 8.69. The number of methoxy groups -OCH3 is 1. The molecule has 0 unspecified atom stereocenters. The van der Waals surface area contributed by atoms with Gasteiger partial charge in [-0.2, -0.15) is 0 Å². The Balaban J connectivity index is 1.93. The smallest absolute Gasteiger partial charge is 0.256 e. The molecule has 4 heteroatoms. The minimum Gasteiger partial charge on any atom is -0.494 e. The number of carbonyl (C=O) groups excluding carboxylic acids is 1. The highest BCUT2D eigenvalue weighted by Crippen LogP contribution is 2.35.